The molecule has 2 aromatic carbocycles. The molecule has 0 fully saturated rings. The summed E-state index contributed by atoms with van der Waals surface area (Å²) in [6.45, 7) is 0. The Morgan fingerprint density at radius 1 is 1.11 bits per heavy atom. The van der Waals surface area contributed by atoms with Crippen molar-refractivity contribution in [1.29, 1.82) is 0 Å². The lowest BCUT2D eigenvalue weighted by atomic mass is 10.1. The average molecular weight is 263 g/mol. The molecule has 0 radical (unpaired) electrons. The fourth-order valence-electron chi connectivity index (χ4n) is 1.62. The van der Waals surface area contributed by atoms with E-state index in [-0.39, 0.29) is 18.1 Å². The van der Waals surface area contributed by atoms with Gasteiger partial charge in [-0.05, 0) is 29.8 Å². The van der Waals surface area contributed by atoms with Gasteiger partial charge in [-0.3, -0.25) is 4.79 Å². The Morgan fingerprint density at radius 2 is 1.89 bits per heavy atom. The van der Waals surface area contributed by atoms with Gasteiger partial charge in [0.1, 0.15) is 5.75 Å². The number of rotatable bonds is 3. The molecule has 0 unspecified atom stereocenters. The molecule has 0 saturated heterocycles. The first-order valence-corrected chi connectivity index (χ1v) is 5.57. The molecule has 19 heavy (non-hydrogen) atoms. The van der Waals surface area contributed by atoms with E-state index in [0.717, 1.165) is 12.1 Å². The first-order chi connectivity index (χ1) is 9.04. The van der Waals surface area contributed by atoms with Crippen LogP contribution in [-0.4, -0.2) is 11.0 Å². The quantitative estimate of drug-likeness (QED) is 0.894. The molecule has 0 aliphatic rings. The Balaban J connectivity index is 2.03. The van der Waals surface area contributed by atoms with Crippen LogP contribution in [0.1, 0.15) is 5.56 Å². The molecule has 1 amide bonds. The topological polar surface area (TPSA) is 49.3 Å². The highest BCUT2D eigenvalue weighted by Gasteiger charge is 2.07. The Kier molecular flexibility index (Phi) is 3.75. The first-order valence-electron chi connectivity index (χ1n) is 5.57. The number of carbonyl (C=O) groups excluding carboxylic acids is 1. The van der Waals surface area contributed by atoms with Crippen LogP contribution in [0.15, 0.2) is 42.5 Å². The third kappa shape index (κ3) is 3.51. The van der Waals surface area contributed by atoms with Crippen molar-refractivity contribution in [2.75, 3.05) is 5.32 Å². The Bertz CT molecular complexity index is 614. The van der Waals surface area contributed by atoms with E-state index in [4.69, 9.17) is 0 Å². The first kappa shape index (κ1) is 13.0. The monoisotopic (exact) mass is 263 g/mol. The summed E-state index contributed by atoms with van der Waals surface area (Å²) in [6.07, 6.45) is -0.0765. The number of nitrogens with one attached hydrogen (secondary N) is 1. The van der Waals surface area contributed by atoms with Gasteiger partial charge in [0.15, 0.2) is 11.6 Å². The van der Waals surface area contributed by atoms with Gasteiger partial charge in [-0.15, -0.1) is 0 Å². The Labute approximate surface area is 108 Å². The molecule has 0 saturated carbocycles. The lowest BCUT2D eigenvalue weighted by molar-refractivity contribution is -0.115. The lowest BCUT2D eigenvalue weighted by Gasteiger charge is -2.06. The van der Waals surface area contributed by atoms with Crippen molar-refractivity contribution >= 4 is 11.6 Å². The molecular weight excluding hydrogens is 252 g/mol. The van der Waals surface area contributed by atoms with E-state index in [0.29, 0.717) is 11.3 Å². The summed E-state index contributed by atoms with van der Waals surface area (Å²) in [5.74, 6) is -2.28. The van der Waals surface area contributed by atoms with Crippen molar-refractivity contribution in [2.24, 2.45) is 0 Å². The number of hydrogen-bond donors (Lipinski definition) is 2. The van der Waals surface area contributed by atoms with Crippen molar-refractivity contribution in [3.63, 3.8) is 0 Å². The van der Waals surface area contributed by atoms with Gasteiger partial charge in [0.25, 0.3) is 0 Å². The molecule has 2 aromatic rings. The van der Waals surface area contributed by atoms with Gasteiger partial charge >= 0.3 is 0 Å². The highest BCUT2D eigenvalue weighted by Crippen LogP contribution is 2.16. The molecule has 2 N–H and O–H groups in total. The predicted molar refractivity (Wildman–Crippen MR) is 66.8 cm³/mol. The summed E-state index contributed by atoms with van der Waals surface area (Å²) in [7, 11) is 0. The van der Waals surface area contributed by atoms with Gasteiger partial charge in [-0.2, -0.15) is 0 Å². The minimum absolute atomic E-state index is 0.0330. The number of aromatic hydroxyl groups is 1. The SMILES string of the molecule is O=C(Cc1ccc(F)c(F)c1)Nc1cccc(O)c1. The van der Waals surface area contributed by atoms with Gasteiger partial charge in [-0.1, -0.05) is 12.1 Å². The maximum absolute atomic E-state index is 13.0. The number of phenols is 1. The van der Waals surface area contributed by atoms with E-state index in [9.17, 15) is 18.7 Å². The molecule has 0 atom stereocenters. The van der Waals surface area contributed by atoms with Crippen LogP contribution in [0.2, 0.25) is 0 Å². The van der Waals surface area contributed by atoms with Crippen LogP contribution in [0.5, 0.6) is 5.75 Å². The number of anilines is 1. The van der Waals surface area contributed by atoms with Crippen LogP contribution in [-0.2, 0) is 11.2 Å². The summed E-state index contributed by atoms with van der Waals surface area (Å²) < 4.78 is 25.7. The zero-order chi connectivity index (χ0) is 13.8. The second kappa shape index (κ2) is 5.48. The zero-order valence-electron chi connectivity index (χ0n) is 9.86. The average Bonchev–Trinajstić information content (AvgIpc) is 2.34. The van der Waals surface area contributed by atoms with Gasteiger partial charge in [0, 0.05) is 11.8 Å². The van der Waals surface area contributed by atoms with Gasteiger partial charge in [-0.25, -0.2) is 8.78 Å². The summed E-state index contributed by atoms with van der Waals surface area (Å²) in [4.78, 5) is 11.7. The molecule has 0 spiro atoms. The molecule has 98 valence electrons. The van der Waals surface area contributed by atoms with E-state index < -0.39 is 11.6 Å². The maximum atomic E-state index is 13.0. The number of benzene rings is 2. The van der Waals surface area contributed by atoms with Crippen molar-refractivity contribution in [3.05, 3.63) is 59.7 Å². The third-order valence-corrected chi connectivity index (χ3v) is 2.48. The Hall–Kier alpha value is -2.43. The van der Waals surface area contributed by atoms with E-state index in [1.807, 2.05) is 0 Å². The molecule has 5 heteroatoms. The lowest BCUT2D eigenvalue weighted by Crippen LogP contribution is -2.14. The summed E-state index contributed by atoms with van der Waals surface area (Å²) in [6, 6.07) is 9.38. The molecule has 0 aliphatic heterocycles. The largest absolute Gasteiger partial charge is 0.508 e. The van der Waals surface area contributed by atoms with Crippen molar-refractivity contribution in [3.8, 4) is 5.75 Å². The molecule has 2 rings (SSSR count). The minimum atomic E-state index is -0.984. The highest BCUT2D eigenvalue weighted by atomic mass is 19.2. The molecule has 0 aliphatic carbocycles. The zero-order valence-corrected chi connectivity index (χ0v) is 9.86. The van der Waals surface area contributed by atoms with Crippen LogP contribution < -0.4 is 5.32 Å². The van der Waals surface area contributed by atoms with E-state index in [1.54, 1.807) is 12.1 Å². The highest BCUT2D eigenvalue weighted by molar-refractivity contribution is 5.92. The standard InChI is InChI=1S/C14H11F2NO2/c15-12-5-4-9(6-13(12)16)7-14(19)17-10-2-1-3-11(18)8-10/h1-6,8,18H,7H2,(H,17,19). The van der Waals surface area contributed by atoms with Crippen molar-refractivity contribution < 1.29 is 18.7 Å². The minimum Gasteiger partial charge on any atom is -0.508 e. The van der Waals surface area contributed by atoms with E-state index >= 15 is 0 Å². The fourth-order valence-corrected chi connectivity index (χ4v) is 1.62. The van der Waals surface area contributed by atoms with Gasteiger partial charge in [0.05, 0.1) is 6.42 Å². The normalized spacial score (nSPS) is 10.2. The van der Waals surface area contributed by atoms with Crippen molar-refractivity contribution in [2.45, 2.75) is 6.42 Å². The number of carbonyl (C=O) groups is 1. The fraction of sp³-hybridized carbons (Fsp3) is 0.0714. The Morgan fingerprint density at radius 3 is 2.58 bits per heavy atom. The van der Waals surface area contributed by atoms with Crippen LogP contribution in [0.4, 0.5) is 14.5 Å². The van der Waals surface area contributed by atoms with E-state index in [2.05, 4.69) is 5.32 Å². The third-order valence-electron chi connectivity index (χ3n) is 2.48. The number of amides is 1. The smallest absolute Gasteiger partial charge is 0.228 e. The van der Waals surface area contributed by atoms with Crippen LogP contribution >= 0.6 is 0 Å². The molecule has 0 aromatic heterocycles. The summed E-state index contributed by atoms with van der Waals surface area (Å²) >= 11 is 0. The van der Waals surface area contributed by atoms with E-state index in [1.165, 1.54) is 18.2 Å². The number of phenolic OH excluding ortho intramolecular Hbond substituents is 1. The number of hydrogen-bond acceptors (Lipinski definition) is 2. The van der Waals surface area contributed by atoms with Crippen LogP contribution in [0, 0.1) is 11.6 Å². The summed E-state index contributed by atoms with van der Waals surface area (Å²) in [5, 5.41) is 11.8. The van der Waals surface area contributed by atoms with Crippen LogP contribution in [0.3, 0.4) is 0 Å². The second-order valence-corrected chi connectivity index (χ2v) is 4.02. The molecular formula is C14H11F2NO2. The van der Waals surface area contributed by atoms with Crippen molar-refractivity contribution in [1.82, 2.24) is 0 Å². The maximum Gasteiger partial charge on any atom is 0.228 e. The predicted octanol–water partition coefficient (Wildman–Crippen LogP) is 2.85. The van der Waals surface area contributed by atoms with Crippen LogP contribution in [0.25, 0.3) is 0 Å². The number of halogens is 2. The van der Waals surface area contributed by atoms with Gasteiger partial charge in [0.2, 0.25) is 5.91 Å². The molecule has 3 nitrogen and oxygen atoms in total. The molecule has 0 bridgehead atoms. The molecule has 0 heterocycles. The summed E-state index contributed by atoms with van der Waals surface area (Å²) in [5.41, 5.74) is 0.809. The second-order valence-electron chi connectivity index (χ2n) is 4.02. The van der Waals surface area contributed by atoms with Gasteiger partial charge < -0.3 is 10.4 Å².